The zero-order chi connectivity index (χ0) is 23.8. The second kappa shape index (κ2) is 8.66. The molecule has 0 aliphatic heterocycles. The number of nitrogens with one attached hydrogen (secondary N) is 1. The van der Waals surface area contributed by atoms with Crippen molar-refractivity contribution in [2.45, 2.75) is 0 Å². The van der Waals surface area contributed by atoms with E-state index in [4.69, 9.17) is 32.0 Å². The van der Waals surface area contributed by atoms with Crippen LogP contribution in [0.5, 0.6) is 0 Å². The van der Waals surface area contributed by atoms with E-state index in [-0.39, 0.29) is 22.8 Å². The molecule has 34 heavy (non-hydrogen) atoms. The minimum Gasteiger partial charge on any atom is -0.451 e. The van der Waals surface area contributed by atoms with Crippen molar-refractivity contribution in [3.8, 4) is 22.8 Å². The Bertz CT molecular complexity index is 1570. The fraction of sp³-hybridized carbons (Fsp3) is 0. The smallest absolute Gasteiger partial charge is 0.291 e. The molecule has 0 bridgehead atoms. The zero-order valence-electron chi connectivity index (χ0n) is 17.1. The van der Waals surface area contributed by atoms with Crippen molar-refractivity contribution >= 4 is 51.6 Å². The Kier molecular flexibility index (Phi) is 5.53. The molecule has 0 saturated heterocycles. The average molecular weight is 494 g/mol. The summed E-state index contributed by atoms with van der Waals surface area (Å²) in [5.41, 5.74) is 2.18. The van der Waals surface area contributed by atoms with Crippen molar-refractivity contribution < 1.29 is 18.6 Å². The highest BCUT2D eigenvalue weighted by atomic mass is 35.5. The van der Waals surface area contributed by atoms with Gasteiger partial charge in [-0.2, -0.15) is 0 Å². The van der Waals surface area contributed by atoms with Gasteiger partial charge in [0.05, 0.1) is 26.1 Å². The number of nitro benzene ring substituents is 1. The van der Waals surface area contributed by atoms with Gasteiger partial charge in [-0.1, -0.05) is 41.4 Å². The maximum absolute atomic E-state index is 12.7. The van der Waals surface area contributed by atoms with Gasteiger partial charge in [0.2, 0.25) is 5.89 Å². The first kappa shape index (κ1) is 21.7. The van der Waals surface area contributed by atoms with Gasteiger partial charge in [-0.3, -0.25) is 14.9 Å². The summed E-state index contributed by atoms with van der Waals surface area (Å²) in [6.45, 7) is 0. The number of oxazole rings is 1. The molecular formula is C24H13Cl2N3O5. The molecule has 0 atom stereocenters. The Morgan fingerprint density at radius 1 is 0.941 bits per heavy atom. The van der Waals surface area contributed by atoms with Crippen LogP contribution in [0.3, 0.4) is 0 Å². The number of anilines is 1. The van der Waals surface area contributed by atoms with Gasteiger partial charge in [-0.15, -0.1) is 0 Å². The lowest BCUT2D eigenvalue weighted by Gasteiger charge is -2.03. The number of nitrogens with zero attached hydrogens (tertiary/aromatic N) is 2. The molecular weight excluding hydrogens is 481 g/mol. The third-order valence-corrected chi connectivity index (χ3v) is 5.84. The van der Waals surface area contributed by atoms with Crippen molar-refractivity contribution in [2.24, 2.45) is 0 Å². The van der Waals surface area contributed by atoms with Gasteiger partial charge in [0.1, 0.15) is 11.3 Å². The number of halogens is 2. The van der Waals surface area contributed by atoms with Crippen LogP contribution in [0.4, 0.5) is 11.4 Å². The highest BCUT2D eigenvalue weighted by Crippen LogP contribution is 2.35. The quantitative estimate of drug-likeness (QED) is 0.204. The molecule has 0 aliphatic carbocycles. The third-order valence-electron chi connectivity index (χ3n) is 5.02. The standard InChI is InChI=1S/C24H13Cl2N3O5/c25-16-6-3-5-15(22(16)26)24-28-17-12-13(8-9-20(17)34-24)27-23(30)21-11-10-19(33-21)14-4-1-2-7-18(14)29(31)32/h1-12H,(H,27,30). The van der Waals surface area contributed by atoms with Crippen LogP contribution in [-0.4, -0.2) is 15.8 Å². The van der Waals surface area contributed by atoms with Gasteiger partial charge in [0.25, 0.3) is 11.6 Å². The van der Waals surface area contributed by atoms with E-state index in [2.05, 4.69) is 10.3 Å². The maximum Gasteiger partial charge on any atom is 0.291 e. The highest BCUT2D eigenvalue weighted by molar-refractivity contribution is 6.43. The number of carbonyl (C=O) groups is 1. The first-order valence-corrected chi connectivity index (χ1v) is 10.7. The molecule has 2 aromatic heterocycles. The number of hydrogen-bond acceptors (Lipinski definition) is 6. The summed E-state index contributed by atoms with van der Waals surface area (Å²) in [5, 5.41) is 14.7. The van der Waals surface area contributed by atoms with E-state index in [0.717, 1.165) is 0 Å². The fourth-order valence-electron chi connectivity index (χ4n) is 3.43. The number of furan rings is 1. The number of para-hydroxylation sites is 1. The van der Waals surface area contributed by atoms with Crippen molar-refractivity contribution in [1.82, 2.24) is 4.98 Å². The zero-order valence-corrected chi connectivity index (χ0v) is 18.6. The summed E-state index contributed by atoms with van der Waals surface area (Å²) >= 11 is 12.3. The third kappa shape index (κ3) is 4.00. The van der Waals surface area contributed by atoms with Gasteiger partial charge in [-0.25, -0.2) is 4.98 Å². The molecule has 1 N–H and O–H groups in total. The van der Waals surface area contributed by atoms with Crippen LogP contribution in [-0.2, 0) is 0 Å². The summed E-state index contributed by atoms with van der Waals surface area (Å²) in [4.78, 5) is 27.9. The predicted molar refractivity (Wildman–Crippen MR) is 128 cm³/mol. The fourth-order valence-corrected chi connectivity index (χ4v) is 3.81. The van der Waals surface area contributed by atoms with E-state index in [1.54, 1.807) is 54.6 Å². The number of benzene rings is 3. The number of rotatable bonds is 5. The van der Waals surface area contributed by atoms with E-state index in [9.17, 15) is 14.9 Å². The van der Waals surface area contributed by atoms with E-state index >= 15 is 0 Å². The maximum atomic E-state index is 12.7. The molecule has 0 fully saturated rings. The number of amides is 1. The Morgan fingerprint density at radius 2 is 1.74 bits per heavy atom. The number of aromatic nitrogens is 1. The van der Waals surface area contributed by atoms with Crippen LogP contribution in [0.15, 0.2) is 81.6 Å². The largest absolute Gasteiger partial charge is 0.451 e. The minimum absolute atomic E-state index is 0.000186. The topological polar surface area (TPSA) is 111 Å². The number of fused-ring (bicyclic) bond motifs is 1. The molecule has 1 amide bonds. The first-order valence-electron chi connectivity index (χ1n) is 9.90. The molecule has 10 heteroatoms. The Hall–Kier alpha value is -4.14. The summed E-state index contributed by atoms with van der Waals surface area (Å²) < 4.78 is 11.4. The Balaban J connectivity index is 1.39. The SMILES string of the molecule is O=C(Nc1ccc2oc(-c3cccc(Cl)c3Cl)nc2c1)c1ccc(-c2ccccc2[N+](=O)[O-])o1. The van der Waals surface area contributed by atoms with E-state index in [1.807, 2.05) is 0 Å². The lowest BCUT2D eigenvalue weighted by atomic mass is 10.1. The lowest BCUT2D eigenvalue weighted by Crippen LogP contribution is -2.10. The lowest BCUT2D eigenvalue weighted by molar-refractivity contribution is -0.384. The summed E-state index contributed by atoms with van der Waals surface area (Å²) in [6.07, 6.45) is 0. The number of carbonyl (C=O) groups excluding carboxylic acids is 1. The van der Waals surface area contributed by atoms with Crippen LogP contribution in [0, 0.1) is 10.1 Å². The summed E-state index contributed by atoms with van der Waals surface area (Å²) in [5.74, 6) is -0.0101. The van der Waals surface area contributed by atoms with Crippen LogP contribution in [0.25, 0.3) is 33.9 Å². The van der Waals surface area contributed by atoms with E-state index in [0.29, 0.717) is 38.3 Å². The molecule has 3 aromatic carbocycles. The van der Waals surface area contributed by atoms with Gasteiger partial charge in [-0.05, 0) is 48.5 Å². The van der Waals surface area contributed by atoms with Crippen LogP contribution in [0.1, 0.15) is 10.6 Å². The predicted octanol–water partition coefficient (Wildman–Crippen LogP) is 7.22. The first-order chi connectivity index (χ1) is 16.4. The van der Waals surface area contributed by atoms with Crippen molar-refractivity contribution in [3.63, 3.8) is 0 Å². The highest BCUT2D eigenvalue weighted by Gasteiger charge is 2.20. The van der Waals surface area contributed by atoms with Crippen molar-refractivity contribution in [3.05, 3.63) is 98.7 Å². The van der Waals surface area contributed by atoms with Gasteiger partial charge in [0, 0.05) is 11.8 Å². The molecule has 0 spiro atoms. The molecule has 5 aromatic rings. The van der Waals surface area contributed by atoms with Gasteiger partial charge >= 0.3 is 0 Å². The average Bonchev–Trinajstić information content (AvgIpc) is 3.48. The van der Waals surface area contributed by atoms with Crippen LogP contribution < -0.4 is 5.32 Å². The molecule has 0 saturated carbocycles. The van der Waals surface area contributed by atoms with Crippen molar-refractivity contribution in [2.75, 3.05) is 5.32 Å². The van der Waals surface area contributed by atoms with E-state index in [1.165, 1.54) is 18.2 Å². The second-order valence-corrected chi connectivity index (χ2v) is 7.98. The molecule has 5 rings (SSSR count). The Labute approximate surface area is 201 Å². The molecule has 0 unspecified atom stereocenters. The molecule has 168 valence electrons. The normalized spacial score (nSPS) is 11.0. The molecule has 8 nitrogen and oxygen atoms in total. The van der Waals surface area contributed by atoms with Gasteiger partial charge in [0.15, 0.2) is 11.3 Å². The second-order valence-electron chi connectivity index (χ2n) is 7.20. The van der Waals surface area contributed by atoms with Gasteiger partial charge < -0.3 is 14.2 Å². The Morgan fingerprint density at radius 3 is 2.56 bits per heavy atom. The molecule has 0 radical (unpaired) electrons. The molecule has 2 heterocycles. The molecule has 0 aliphatic rings. The monoisotopic (exact) mass is 493 g/mol. The van der Waals surface area contributed by atoms with Crippen molar-refractivity contribution in [1.29, 1.82) is 0 Å². The van der Waals surface area contributed by atoms with Crippen LogP contribution >= 0.6 is 23.2 Å². The number of hydrogen-bond donors (Lipinski definition) is 1. The number of nitro groups is 1. The summed E-state index contributed by atoms with van der Waals surface area (Å²) in [7, 11) is 0. The van der Waals surface area contributed by atoms with E-state index < -0.39 is 10.8 Å². The minimum atomic E-state index is -0.522. The summed E-state index contributed by atoms with van der Waals surface area (Å²) in [6, 6.07) is 19.2. The van der Waals surface area contributed by atoms with Crippen LogP contribution in [0.2, 0.25) is 10.0 Å².